The van der Waals surface area contributed by atoms with Gasteiger partial charge in [-0.25, -0.2) is 4.98 Å². The van der Waals surface area contributed by atoms with Gasteiger partial charge in [-0.05, 0) is 34.0 Å². The molecule has 1 heterocycles. The number of hydrogen-bond donors (Lipinski definition) is 1. The lowest BCUT2D eigenvalue weighted by Gasteiger charge is -2.21. The number of hydrogen-bond acceptors (Lipinski definition) is 3. The number of carbonyl (C=O) groups is 1. The minimum Gasteiger partial charge on any atom is -0.310 e. The van der Waals surface area contributed by atoms with Crippen molar-refractivity contribution in [2.24, 2.45) is 5.41 Å². The average Bonchev–Trinajstić information content (AvgIpc) is 2.33. The van der Waals surface area contributed by atoms with Crippen molar-refractivity contribution in [2.45, 2.75) is 33.6 Å². The van der Waals surface area contributed by atoms with E-state index in [0.29, 0.717) is 5.82 Å². The molecule has 18 heavy (non-hydrogen) atoms. The fourth-order valence-corrected chi connectivity index (χ4v) is 1.57. The van der Waals surface area contributed by atoms with Crippen molar-refractivity contribution in [1.82, 2.24) is 4.98 Å². The van der Waals surface area contributed by atoms with E-state index in [4.69, 9.17) is 5.26 Å². The van der Waals surface area contributed by atoms with Crippen molar-refractivity contribution in [3.05, 3.63) is 22.3 Å². The molecule has 0 fully saturated rings. The van der Waals surface area contributed by atoms with Gasteiger partial charge < -0.3 is 5.32 Å². The number of nitrogens with zero attached hydrogens (tertiary/aromatic N) is 2. The van der Waals surface area contributed by atoms with E-state index in [9.17, 15) is 4.79 Å². The van der Waals surface area contributed by atoms with Crippen molar-refractivity contribution < 1.29 is 4.79 Å². The van der Waals surface area contributed by atoms with Crippen LogP contribution in [0.15, 0.2) is 16.7 Å². The summed E-state index contributed by atoms with van der Waals surface area (Å²) in [6.07, 6.45) is 2.63. The maximum absolute atomic E-state index is 12.0. The van der Waals surface area contributed by atoms with Crippen LogP contribution in [0.5, 0.6) is 0 Å². The molecule has 0 aromatic carbocycles. The smallest absolute Gasteiger partial charge is 0.231 e. The number of aromatic nitrogens is 1. The first kappa shape index (κ1) is 14.7. The topological polar surface area (TPSA) is 65.8 Å². The summed E-state index contributed by atoms with van der Waals surface area (Å²) in [5.74, 6) is 0.415. The first-order chi connectivity index (χ1) is 8.40. The minimum absolute atomic E-state index is 0.0669. The van der Waals surface area contributed by atoms with E-state index >= 15 is 0 Å². The molecule has 0 aliphatic heterocycles. The number of pyridine rings is 1. The fraction of sp³-hybridized carbons (Fsp3) is 0.462. The Kier molecular flexibility index (Phi) is 4.85. The summed E-state index contributed by atoms with van der Waals surface area (Å²) in [7, 11) is 0. The van der Waals surface area contributed by atoms with E-state index in [0.717, 1.165) is 16.5 Å². The molecule has 0 unspecified atom stereocenters. The molecule has 1 N–H and O–H groups in total. The molecule has 0 atom stereocenters. The first-order valence-corrected chi connectivity index (χ1v) is 6.53. The molecule has 96 valence electrons. The van der Waals surface area contributed by atoms with Crippen LogP contribution in [0, 0.1) is 16.7 Å². The molecule has 0 saturated heterocycles. The van der Waals surface area contributed by atoms with Gasteiger partial charge in [-0.2, -0.15) is 5.26 Å². The summed E-state index contributed by atoms with van der Waals surface area (Å²) in [4.78, 5) is 16.1. The largest absolute Gasteiger partial charge is 0.310 e. The number of nitrogens with one attached hydrogen (secondary N) is 1. The fourth-order valence-electron chi connectivity index (χ4n) is 1.22. The molecule has 0 radical (unpaired) electrons. The zero-order chi connectivity index (χ0) is 13.8. The summed E-state index contributed by atoms with van der Waals surface area (Å²) < 4.78 is 0.775. The minimum atomic E-state index is -0.426. The van der Waals surface area contributed by atoms with Crippen molar-refractivity contribution in [3.8, 4) is 6.07 Å². The van der Waals surface area contributed by atoms with Gasteiger partial charge in [0.25, 0.3) is 0 Å². The van der Waals surface area contributed by atoms with Crippen LogP contribution < -0.4 is 5.32 Å². The first-order valence-electron chi connectivity index (χ1n) is 5.73. The zero-order valence-electron chi connectivity index (χ0n) is 10.7. The van der Waals surface area contributed by atoms with Gasteiger partial charge in [0.2, 0.25) is 5.91 Å². The number of nitriles is 1. The lowest BCUT2D eigenvalue weighted by Crippen LogP contribution is -2.30. The van der Waals surface area contributed by atoms with Crippen LogP contribution >= 0.6 is 15.9 Å². The van der Waals surface area contributed by atoms with E-state index in [1.807, 2.05) is 20.8 Å². The number of carbonyl (C=O) groups excluding carboxylic acids is 1. The van der Waals surface area contributed by atoms with E-state index in [1.54, 1.807) is 12.3 Å². The Morgan fingerprint density at radius 2 is 2.28 bits per heavy atom. The monoisotopic (exact) mass is 309 g/mol. The Labute approximate surface area is 116 Å². The highest BCUT2D eigenvalue weighted by Crippen LogP contribution is 2.23. The van der Waals surface area contributed by atoms with Gasteiger partial charge in [0.15, 0.2) is 0 Å². The predicted molar refractivity (Wildman–Crippen MR) is 74.0 cm³/mol. The van der Waals surface area contributed by atoms with Gasteiger partial charge in [-0.1, -0.05) is 20.8 Å². The number of amides is 1. The molecule has 0 aliphatic carbocycles. The summed E-state index contributed by atoms with van der Waals surface area (Å²) >= 11 is 3.32. The highest BCUT2D eigenvalue weighted by Gasteiger charge is 2.25. The van der Waals surface area contributed by atoms with Gasteiger partial charge in [0.1, 0.15) is 5.82 Å². The van der Waals surface area contributed by atoms with Crippen LogP contribution in [0.2, 0.25) is 0 Å². The Balaban J connectivity index is 2.90. The Morgan fingerprint density at radius 1 is 1.61 bits per heavy atom. The van der Waals surface area contributed by atoms with Crippen LogP contribution in [0.4, 0.5) is 5.82 Å². The third kappa shape index (κ3) is 3.54. The van der Waals surface area contributed by atoms with Crippen LogP contribution in [0.25, 0.3) is 0 Å². The summed E-state index contributed by atoms with van der Waals surface area (Å²) in [5, 5.41) is 11.5. The van der Waals surface area contributed by atoms with Gasteiger partial charge >= 0.3 is 0 Å². The summed E-state index contributed by atoms with van der Waals surface area (Å²) in [5.41, 5.74) is 0.390. The van der Waals surface area contributed by atoms with Crippen LogP contribution in [-0.2, 0) is 11.2 Å². The SMILES string of the molecule is CCC(C)(C)C(=O)Nc1cc(CC#N)c(Br)cn1. The van der Waals surface area contributed by atoms with Crippen LogP contribution in [0.3, 0.4) is 0 Å². The molecule has 1 aromatic heterocycles. The van der Waals surface area contributed by atoms with Crippen LogP contribution in [-0.4, -0.2) is 10.9 Å². The number of anilines is 1. The second-order valence-corrected chi connectivity index (χ2v) is 5.54. The summed E-state index contributed by atoms with van der Waals surface area (Å²) in [6, 6.07) is 3.80. The highest BCUT2D eigenvalue weighted by molar-refractivity contribution is 9.10. The van der Waals surface area contributed by atoms with E-state index in [1.165, 1.54) is 0 Å². The van der Waals surface area contributed by atoms with E-state index < -0.39 is 5.41 Å². The summed E-state index contributed by atoms with van der Waals surface area (Å²) in [6.45, 7) is 5.74. The number of rotatable bonds is 4. The highest BCUT2D eigenvalue weighted by atomic mass is 79.9. The van der Waals surface area contributed by atoms with Crippen LogP contribution in [0.1, 0.15) is 32.8 Å². The number of halogens is 1. The molecular weight excluding hydrogens is 294 g/mol. The normalized spacial score (nSPS) is 10.8. The Hall–Kier alpha value is -1.41. The molecule has 1 amide bonds. The second-order valence-electron chi connectivity index (χ2n) is 4.69. The zero-order valence-corrected chi connectivity index (χ0v) is 12.3. The molecule has 0 aliphatic rings. The van der Waals surface area contributed by atoms with Gasteiger partial charge in [0, 0.05) is 16.1 Å². The predicted octanol–water partition coefficient (Wildman–Crippen LogP) is 3.28. The molecule has 1 aromatic rings. The maximum Gasteiger partial charge on any atom is 0.231 e. The average molecular weight is 310 g/mol. The van der Waals surface area contributed by atoms with E-state index in [-0.39, 0.29) is 12.3 Å². The van der Waals surface area contributed by atoms with Crippen molar-refractivity contribution in [1.29, 1.82) is 5.26 Å². The maximum atomic E-state index is 12.0. The van der Waals surface area contributed by atoms with Gasteiger partial charge in [0.05, 0.1) is 12.5 Å². The third-order valence-corrected chi connectivity index (χ3v) is 3.66. The molecule has 0 spiro atoms. The third-order valence-electron chi connectivity index (χ3n) is 2.94. The Morgan fingerprint density at radius 3 is 2.83 bits per heavy atom. The standard InChI is InChI=1S/C13H16BrN3O/c1-4-13(2,3)12(18)17-11-7-9(5-6-15)10(14)8-16-11/h7-8H,4-5H2,1-3H3,(H,16,17,18). The van der Waals surface area contributed by atoms with Crippen molar-refractivity contribution >= 4 is 27.7 Å². The lowest BCUT2D eigenvalue weighted by molar-refractivity contribution is -0.124. The quantitative estimate of drug-likeness (QED) is 0.928. The molecule has 0 bridgehead atoms. The lowest BCUT2D eigenvalue weighted by atomic mass is 9.89. The van der Waals surface area contributed by atoms with Gasteiger partial charge in [-0.3, -0.25) is 4.79 Å². The van der Waals surface area contributed by atoms with Crippen molar-refractivity contribution in [2.75, 3.05) is 5.32 Å². The molecular formula is C13H16BrN3O. The van der Waals surface area contributed by atoms with Crippen molar-refractivity contribution in [3.63, 3.8) is 0 Å². The molecule has 0 saturated carbocycles. The molecule has 4 nitrogen and oxygen atoms in total. The van der Waals surface area contributed by atoms with E-state index in [2.05, 4.69) is 32.3 Å². The van der Waals surface area contributed by atoms with Gasteiger partial charge in [-0.15, -0.1) is 0 Å². The second kappa shape index (κ2) is 5.96. The molecule has 1 rings (SSSR count). The Bertz CT molecular complexity index is 491. The molecule has 5 heteroatoms.